The lowest BCUT2D eigenvalue weighted by atomic mass is 9.78. The number of ketones is 1. The van der Waals surface area contributed by atoms with Crippen molar-refractivity contribution < 1.29 is 9.53 Å². The second-order valence-corrected chi connectivity index (χ2v) is 5.57. The van der Waals surface area contributed by atoms with Crippen LogP contribution in [0.4, 0.5) is 0 Å². The van der Waals surface area contributed by atoms with Crippen LogP contribution >= 0.6 is 0 Å². The maximum absolute atomic E-state index is 12.5. The highest BCUT2D eigenvalue weighted by atomic mass is 16.5. The molecule has 0 saturated heterocycles. The number of Topliss-reactive ketones (excluding diaryl/α,β-unsaturated/α-hetero) is 1. The van der Waals surface area contributed by atoms with E-state index < -0.39 is 5.92 Å². The summed E-state index contributed by atoms with van der Waals surface area (Å²) in [5, 5.41) is 13.9. The highest BCUT2D eigenvalue weighted by molar-refractivity contribution is 5.99. The number of hydrogen-bond donors (Lipinski definition) is 1. The summed E-state index contributed by atoms with van der Waals surface area (Å²) in [6.45, 7) is 4.57. The molecule has 0 saturated carbocycles. The molecule has 2 heterocycles. The predicted molar refractivity (Wildman–Crippen MR) is 79.2 cm³/mol. The molecular weight excluding hydrogens is 280 g/mol. The molecule has 2 aliphatic rings. The van der Waals surface area contributed by atoms with Gasteiger partial charge in [-0.3, -0.25) is 9.48 Å². The molecule has 22 heavy (non-hydrogen) atoms. The minimum atomic E-state index is -0.469. The van der Waals surface area contributed by atoms with E-state index in [1.54, 1.807) is 6.20 Å². The van der Waals surface area contributed by atoms with Crippen LogP contribution in [0, 0.1) is 18.3 Å². The molecule has 0 fully saturated rings. The standard InChI is InChI=1S/C16H18N4O2/c1-3-20-15(9(2)8-19-20)13-10(7-17)16(18)22-12-6-4-5-11(21)14(12)13/h8,13H,3-6,18H2,1-2H3/t13-/m1/s1. The molecular formula is C16H18N4O2. The minimum absolute atomic E-state index is 0.0368. The van der Waals surface area contributed by atoms with Gasteiger partial charge in [-0.15, -0.1) is 0 Å². The van der Waals surface area contributed by atoms with Crippen molar-refractivity contribution in [2.45, 2.75) is 45.6 Å². The van der Waals surface area contributed by atoms with Gasteiger partial charge in [0.25, 0.3) is 0 Å². The zero-order valence-corrected chi connectivity index (χ0v) is 12.7. The summed E-state index contributed by atoms with van der Waals surface area (Å²) in [5.74, 6) is 0.281. The van der Waals surface area contributed by atoms with Crippen molar-refractivity contribution in [1.29, 1.82) is 5.26 Å². The Morgan fingerprint density at radius 2 is 2.32 bits per heavy atom. The summed E-state index contributed by atoms with van der Waals surface area (Å²) in [4.78, 5) is 12.5. The Morgan fingerprint density at radius 3 is 3.00 bits per heavy atom. The third kappa shape index (κ3) is 2.01. The molecule has 1 aliphatic carbocycles. The number of hydrogen-bond acceptors (Lipinski definition) is 5. The van der Waals surface area contributed by atoms with Crippen molar-refractivity contribution in [3.8, 4) is 6.07 Å². The van der Waals surface area contributed by atoms with Gasteiger partial charge in [0, 0.05) is 25.0 Å². The molecule has 1 aromatic heterocycles. The Kier molecular flexibility index (Phi) is 3.49. The van der Waals surface area contributed by atoms with E-state index in [1.165, 1.54) is 0 Å². The molecule has 0 unspecified atom stereocenters. The van der Waals surface area contributed by atoms with Crippen LogP contribution in [0.25, 0.3) is 0 Å². The third-order valence-corrected chi connectivity index (χ3v) is 4.25. The Labute approximate surface area is 128 Å². The first-order valence-corrected chi connectivity index (χ1v) is 7.44. The Morgan fingerprint density at radius 1 is 1.55 bits per heavy atom. The van der Waals surface area contributed by atoms with Crippen molar-refractivity contribution in [3.63, 3.8) is 0 Å². The first kappa shape index (κ1) is 14.4. The molecule has 3 rings (SSSR count). The molecule has 114 valence electrons. The van der Waals surface area contributed by atoms with E-state index in [0.717, 1.165) is 17.7 Å². The quantitative estimate of drug-likeness (QED) is 0.901. The van der Waals surface area contributed by atoms with E-state index in [2.05, 4.69) is 11.2 Å². The van der Waals surface area contributed by atoms with Crippen LogP contribution in [0.15, 0.2) is 29.0 Å². The number of carbonyl (C=O) groups is 1. The number of rotatable bonds is 2. The topological polar surface area (TPSA) is 93.9 Å². The number of nitriles is 1. The van der Waals surface area contributed by atoms with Crippen molar-refractivity contribution in [1.82, 2.24) is 9.78 Å². The maximum Gasteiger partial charge on any atom is 0.205 e. The second kappa shape index (κ2) is 5.34. The van der Waals surface area contributed by atoms with Gasteiger partial charge >= 0.3 is 0 Å². The average Bonchev–Trinajstić information content (AvgIpc) is 2.86. The maximum atomic E-state index is 12.5. The minimum Gasteiger partial charge on any atom is -0.444 e. The summed E-state index contributed by atoms with van der Waals surface area (Å²) in [6.07, 6.45) is 3.67. The summed E-state index contributed by atoms with van der Waals surface area (Å²) < 4.78 is 7.39. The van der Waals surface area contributed by atoms with Gasteiger partial charge in [-0.25, -0.2) is 0 Å². The lowest BCUT2D eigenvalue weighted by molar-refractivity contribution is -0.116. The number of allylic oxidation sites excluding steroid dienone is 3. The summed E-state index contributed by atoms with van der Waals surface area (Å²) in [6, 6.07) is 2.13. The number of nitrogens with zero attached hydrogens (tertiary/aromatic N) is 3. The van der Waals surface area contributed by atoms with Crippen molar-refractivity contribution in [3.05, 3.63) is 40.2 Å². The molecule has 1 atom stereocenters. The molecule has 0 radical (unpaired) electrons. The fourth-order valence-electron chi connectivity index (χ4n) is 3.25. The van der Waals surface area contributed by atoms with Crippen LogP contribution in [0.1, 0.15) is 43.4 Å². The van der Waals surface area contributed by atoms with Crippen LogP contribution in [0.3, 0.4) is 0 Å². The number of aryl methyl sites for hydroxylation is 2. The average molecular weight is 298 g/mol. The second-order valence-electron chi connectivity index (χ2n) is 5.57. The summed E-state index contributed by atoms with van der Waals surface area (Å²) in [5.41, 5.74) is 8.62. The highest BCUT2D eigenvalue weighted by Crippen LogP contribution is 2.44. The van der Waals surface area contributed by atoms with Gasteiger partial charge in [0.1, 0.15) is 17.4 Å². The molecule has 6 nitrogen and oxygen atoms in total. The van der Waals surface area contributed by atoms with E-state index in [-0.39, 0.29) is 11.7 Å². The fourth-order valence-corrected chi connectivity index (χ4v) is 3.25. The molecule has 1 aromatic rings. The molecule has 0 bridgehead atoms. The highest BCUT2D eigenvalue weighted by Gasteiger charge is 2.40. The first-order valence-electron chi connectivity index (χ1n) is 7.44. The summed E-state index contributed by atoms with van der Waals surface area (Å²) in [7, 11) is 0. The molecule has 1 aliphatic heterocycles. The Hall–Kier alpha value is -2.55. The zero-order chi connectivity index (χ0) is 15.9. The Balaban J connectivity index is 2.25. The van der Waals surface area contributed by atoms with Gasteiger partial charge in [0.05, 0.1) is 17.8 Å². The number of aromatic nitrogens is 2. The Bertz CT molecular complexity index is 749. The normalized spacial score (nSPS) is 21.5. The van der Waals surface area contributed by atoms with Gasteiger partial charge in [0.15, 0.2) is 5.78 Å². The van der Waals surface area contributed by atoms with Crippen molar-refractivity contribution in [2.24, 2.45) is 5.73 Å². The van der Waals surface area contributed by atoms with Crippen molar-refractivity contribution >= 4 is 5.78 Å². The lowest BCUT2D eigenvalue weighted by Gasteiger charge is -2.31. The van der Waals surface area contributed by atoms with Crippen LogP contribution < -0.4 is 5.73 Å². The smallest absolute Gasteiger partial charge is 0.205 e. The molecule has 2 N–H and O–H groups in total. The van der Waals surface area contributed by atoms with E-state index in [0.29, 0.717) is 36.3 Å². The van der Waals surface area contributed by atoms with E-state index in [9.17, 15) is 10.1 Å². The summed E-state index contributed by atoms with van der Waals surface area (Å²) >= 11 is 0. The van der Waals surface area contributed by atoms with Crippen LogP contribution in [0.5, 0.6) is 0 Å². The predicted octanol–water partition coefficient (Wildman–Crippen LogP) is 2.03. The van der Waals surface area contributed by atoms with Crippen LogP contribution in [-0.4, -0.2) is 15.6 Å². The van der Waals surface area contributed by atoms with Crippen molar-refractivity contribution in [2.75, 3.05) is 0 Å². The molecule has 0 spiro atoms. The van der Waals surface area contributed by atoms with Gasteiger partial charge in [0.2, 0.25) is 5.88 Å². The van der Waals surface area contributed by atoms with Gasteiger partial charge < -0.3 is 10.5 Å². The first-order chi connectivity index (χ1) is 10.6. The SMILES string of the molecule is CCn1ncc(C)c1[C@@H]1C(C#N)=C(N)OC2=C1C(=O)CCC2. The molecule has 0 amide bonds. The fraction of sp³-hybridized carbons (Fsp3) is 0.438. The molecule has 6 heteroatoms. The number of nitrogens with two attached hydrogens (primary N) is 1. The third-order valence-electron chi connectivity index (χ3n) is 4.25. The van der Waals surface area contributed by atoms with Gasteiger partial charge in [-0.05, 0) is 25.8 Å². The van der Waals surface area contributed by atoms with E-state index >= 15 is 0 Å². The van der Waals surface area contributed by atoms with Gasteiger partial charge in [-0.2, -0.15) is 10.4 Å². The number of carbonyl (C=O) groups excluding carboxylic acids is 1. The monoisotopic (exact) mass is 298 g/mol. The number of ether oxygens (including phenoxy) is 1. The van der Waals surface area contributed by atoms with E-state index in [1.807, 2.05) is 18.5 Å². The zero-order valence-electron chi connectivity index (χ0n) is 12.7. The van der Waals surface area contributed by atoms with Gasteiger partial charge in [-0.1, -0.05) is 0 Å². The largest absolute Gasteiger partial charge is 0.444 e. The lowest BCUT2D eigenvalue weighted by Crippen LogP contribution is -2.29. The van der Waals surface area contributed by atoms with Crippen LogP contribution in [-0.2, 0) is 16.1 Å². The van der Waals surface area contributed by atoms with Crippen LogP contribution in [0.2, 0.25) is 0 Å². The molecule has 0 aromatic carbocycles. The van der Waals surface area contributed by atoms with E-state index in [4.69, 9.17) is 10.5 Å².